The molecular formula is C14H19N5O2S2. The van der Waals surface area contributed by atoms with Gasteiger partial charge in [-0.3, -0.25) is 9.69 Å². The highest BCUT2D eigenvalue weighted by molar-refractivity contribution is 8.00. The van der Waals surface area contributed by atoms with Crippen LogP contribution in [0.5, 0.6) is 0 Å². The summed E-state index contributed by atoms with van der Waals surface area (Å²) in [4.78, 5) is 25.9. The van der Waals surface area contributed by atoms with Crippen LogP contribution < -0.4 is 5.32 Å². The van der Waals surface area contributed by atoms with E-state index in [1.807, 2.05) is 18.1 Å². The molecule has 2 aromatic heterocycles. The van der Waals surface area contributed by atoms with Gasteiger partial charge in [0, 0.05) is 12.1 Å². The summed E-state index contributed by atoms with van der Waals surface area (Å²) in [6.45, 7) is 2.86. The van der Waals surface area contributed by atoms with E-state index in [-0.39, 0.29) is 6.54 Å². The number of carboxylic acid groups (broad SMARTS) is 1. The lowest BCUT2D eigenvalue weighted by Gasteiger charge is -2.42. The maximum atomic E-state index is 10.9. The van der Waals surface area contributed by atoms with Crippen molar-refractivity contribution in [2.24, 2.45) is 0 Å². The van der Waals surface area contributed by atoms with E-state index in [1.54, 1.807) is 23.1 Å². The van der Waals surface area contributed by atoms with Gasteiger partial charge in [0.05, 0.1) is 6.54 Å². The fourth-order valence-electron chi connectivity index (χ4n) is 2.79. The summed E-state index contributed by atoms with van der Waals surface area (Å²) in [6.07, 6.45) is 5.39. The average Bonchev–Trinajstić information content (AvgIpc) is 2.92. The number of carbonyl (C=O) groups is 1. The number of hydrogen-bond donors (Lipinski definition) is 2. The van der Waals surface area contributed by atoms with Crippen LogP contribution in [-0.2, 0) is 4.79 Å². The van der Waals surface area contributed by atoms with Crippen molar-refractivity contribution in [1.82, 2.24) is 19.9 Å². The Morgan fingerprint density at radius 1 is 1.52 bits per heavy atom. The number of fused-ring (bicyclic) bond motifs is 1. The van der Waals surface area contributed by atoms with Gasteiger partial charge in [-0.25, -0.2) is 15.0 Å². The molecule has 0 bridgehead atoms. The minimum atomic E-state index is -0.768. The van der Waals surface area contributed by atoms with Crippen LogP contribution in [-0.4, -0.2) is 62.4 Å². The monoisotopic (exact) mass is 353 g/mol. The van der Waals surface area contributed by atoms with Gasteiger partial charge in [0.1, 0.15) is 16.8 Å². The molecule has 0 spiro atoms. The molecule has 0 radical (unpaired) electrons. The zero-order valence-corrected chi connectivity index (χ0v) is 14.7. The minimum absolute atomic E-state index is 0.109. The van der Waals surface area contributed by atoms with E-state index in [2.05, 4.69) is 20.3 Å². The molecular weight excluding hydrogens is 334 g/mol. The van der Waals surface area contributed by atoms with Crippen LogP contribution in [0.25, 0.3) is 10.3 Å². The Morgan fingerprint density at radius 2 is 2.30 bits per heavy atom. The van der Waals surface area contributed by atoms with Gasteiger partial charge in [0.15, 0.2) is 9.99 Å². The maximum Gasteiger partial charge on any atom is 0.317 e. The van der Waals surface area contributed by atoms with Crippen molar-refractivity contribution in [2.75, 3.05) is 24.7 Å². The fourth-order valence-corrected chi connectivity index (χ4v) is 4.26. The molecule has 7 nitrogen and oxygen atoms in total. The first-order chi connectivity index (χ1) is 11.1. The van der Waals surface area contributed by atoms with E-state index in [9.17, 15) is 4.79 Å². The fraction of sp³-hybridized carbons (Fsp3) is 0.571. The molecule has 0 amide bonds. The molecule has 0 aliphatic heterocycles. The van der Waals surface area contributed by atoms with Crippen molar-refractivity contribution in [1.29, 1.82) is 0 Å². The summed E-state index contributed by atoms with van der Waals surface area (Å²) in [7, 11) is 0. The topological polar surface area (TPSA) is 91.2 Å². The number of aliphatic carboxylic acids is 1. The van der Waals surface area contributed by atoms with E-state index in [0.717, 1.165) is 39.9 Å². The number of carboxylic acids is 1. The summed E-state index contributed by atoms with van der Waals surface area (Å²) in [5.74, 6) is 0.0626. The van der Waals surface area contributed by atoms with Crippen LogP contribution in [0.3, 0.4) is 0 Å². The zero-order chi connectivity index (χ0) is 16.4. The van der Waals surface area contributed by atoms with Crippen molar-refractivity contribution < 1.29 is 9.90 Å². The number of aromatic nitrogens is 3. The van der Waals surface area contributed by atoms with Crippen LogP contribution in [0.1, 0.15) is 19.8 Å². The van der Waals surface area contributed by atoms with E-state index in [4.69, 9.17) is 5.11 Å². The lowest BCUT2D eigenvalue weighted by Crippen LogP contribution is -2.51. The Hall–Kier alpha value is -1.45. The third kappa shape index (κ3) is 3.56. The second-order valence-corrected chi connectivity index (χ2v) is 7.53. The van der Waals surface area contributed by atoms with Crippen LogP contribution in [0, 0.1) is 0 Å². The SMILES string of the molecule is CCN(CC(=O)O)C1CC(Nc2ncnc3nc(SC)sc23)C1. The van der Waals surface area contributed by atoms with Gasteiger partial charge < -0.3 is 10.4 Å². The first-order valence-corrected chi connectivity index (χ1v) is 9.52. The second-order valence-electron chi connectivity index (χ2n) is 5.48. The van der Waals surface area contributed by atoms with Gasteiger partial charge in [-0.05, 0) is 25.6 Å². The minimum Gasteiger partial charge on any atom is -0.480 e. The Labute approximate surface area is 142 Å². The molecule has 1 aliphatic rings. The average molecular weight is 353 g/mol. The maximum absolute atomic E-state index is 10.9. The van der Waals surface area contributed by atoms with Crippen molar-refractivity contribution in [2.45, 2.75) is 36.2 Å². The number of thiazole rings is 1. The number of nitrogens with one attached hydrogen (secondary N) is 1. The molecule has 124 valence electrons. The summed E-state index contributed by atoms with van der Waals surface area (Å²) in [5, 5.41) is 12.4. The molecule has 1 aliphatic carbocycles. The van der Waals surface area contributed by atoms with Crippen LogP contribution in [0.4, 0.5) is 5.82 Å². The van der Waals surface area contributed by atoms with Crippen molar-refractivity contribution in [3.63, 3.8) is 0 Å². The number of likely N-dealkylation sites (N-methyl/N-ethyl adjacent to an activating group) is 1. The molecule has 3 rings (SSSR count). The molecule has 0 unspecified atom stereocenters. The van der Waals surface area contributed by atoms with Crippen LogP contribution >= 0.6 is 23.1 Å². The highest BCUT2D eigenvalue weighted by Crippen LogP contribution is 2.34. The quantitative estimate of drug-likeness (QED) is 0.732. The molecule has 1 fully saturated rings. The predicted octanol–water partition coefficient (Wildman–Crippen LogP) is 2.16. The molecule has 0 aromatic carbocycles. The van der Waals surface area contributed by atoms with Gasteiger partial charge in [-0.2, -0.15) is 0 Å². The van der Waals surface area contributed by atoms with E-state index >= 15 is 0 Å². The lowest BCUT2D eigenvalue weighted by atomic mass is 9.85. The Balaban J connectivity index is 1.64. The first-order valence-electron chi connectivity index (χ1n) is 7.48. The van der Waals surface area contributed by atoms with Gasteiger partial charge in [0.2, 0.25) is 0 Å². The molecule has 0 saturated heterocycles. The molecule has 1 saturated carbocycles. The Morgan fingerprint density at radius 3 is 2.96 bits per heavy atom. The summed E-state index contributed by atoms with van der Waals surface area (Å²) in [6, 6.07) is 0.648. The highest BCUT2D eigenvalue weighted by atomic mass is 32.2. The lowest BCUT2D eigenvalue weighted by molar-refractivity contribution is -0.139. The zero-order valence-electron chi connectivity index (χ0n) is 13.0. The molecule has 2 aromatic rings. The van der Waals surface area contributed by atoms with Gasteiger partial charge >= 0.3 is 5.97 Å². The van der Waals surface area contributed by atoms with Crippen molar-refractivity contribution >= 4 is 45.2 Å². The molecule has 23 heavy (non-hydrogen) atoms. The number of hydrogen-bond acceptors (Lipinski definition) is 8. The molecule has 9 heteroatoms. The third-order valence-electron chi connectivity index (χ3n) is 4.06. The van der Waals surface area contributed by atoms with Gasteiger partial charge in [-0.1, -0.05) is 18.7 Å². The van der Waals surface area contributed by atoms with Crippen LogP contribution in [0.15, 0.2) is 10.7 Å². The standard InChI is InChI=1S/C14H19N5O2S2/c1-3-19(6-10(20)21)9-4-8(5-9)17-12-11-13(16-7-15-12)18-14(22-2)23-11/h7-9H,3-6H2,1-2H3,(H,20,21)(H,15,16,17). The number of nitrogens with zero attached hydrogens (tertiary/aromatic N) is 4. The third-order valence-corrected chi connectivity index (χ3v) is 6.10. The number of rotatable bonds is 7. The highest BCUT2D eigenvalue weighted by Gasteiger charge is 2.34. The van der Waals surface area contributed by atoms with Crippen molar-refractivity contribution in [3.8, 4) is 0 Å². The second kappa shape index (κ2) is 6.98. The summed E-state index contributed by atoms with van der Waals surface area (Å²) in [5.41, 5.74) is 0.730. The Kier molecular flexibility index (Phi) is 4.98. The Bertz CT molecular complexity index is 702. The van der Waals surface area contributed by atoms with E-state index < -0.39 is 5.97 Å². The normalized spacial score (nSPS) is 20.7. The first kappa shape index (κ1) is 16.4. The molecule has 2 N–H and O–H groups in total. The summed E-state index contributed by atoms with van der Waals surface area (Å²) >= 11 is 3.20. The number of anilines is 1. The predicted molar refractivity (Wildman–Crippen MR) is 92.3 cm³/mol. The van der Waals surface area contributed by atoms with E-state index in [0.29, 0.717) is 12.1 Å². The van der Waals surface area contributed by atoms with Gasteiger partial charge in [0.25, 0.3) is 0 Å². The van der Waals surface area contributed by atoms with E-state index in [1.165, 1.54) is 6.33 Å². The van der Waals surface area contributed by atoms with Crippen LogP contribution in [0.2, 0.25) is 0 Å². The molecule has 2 heterocycles. The number of thioether (sulfide) groups is 1. The van der Waals surface area contributed by atoms with Crippen molar-refractivity contribution in [3.05, 3.63) is 6.33 Å². The largest absolute Gasteiger partial charge is 0.480 e. The summed E-state index contributed by atoms with van der Waals surface area (Å²) < 4.78 is 1.96. The van der Waals surface area contributed by atoms with Gasteiger partial charge in [-0.15, -0.1) is 11.3 Å². The molecule has 0 atom stereocenters. The smallest absolute Gasteiger partial charge is 0.317 e.